The van der Waals surface area contributed by atoms with Gasteiger partial charge in [-0.15, -0.1) is 0 Å². The molecule has 1 aliphatic heterocycles. The fraction of sp³-hybridized carbons (Fsp3) is 0.533. The van der Waals surface area contributed by atoms with Crippen LogP contribution in [0.25, 0.3) is 11.4 Å². The molecule has 0 aromatic carbocycles. The predicted molar refractivity (Wildman–Crippen MR) is 81.1 cm³/mol. The molecule has 1 N–H and O–H groups in total. The van der Waals surface area contributed by atoms with Crippen molar-refractivity contribution in [2.45, 2.75) is 39.8 Å². The lowest BCUT2D eigenvalue weighted by molar-refractivity contribution is 0.109. The van der Waals surface area contributed by atoms with Gasteiger partial charge in [-0.3, -0.25) is 4.68 Å². The molecule has 0 bridgehead atoms. The number of nitrogens with zero attached hydrogens (tertiary/aromatic N) is 4. The van der Waals surface area contributed by atoms with Gasteiger partial charge in [-0.05, 0) is 13.3 Å². The van der Waals surface area contributed by atoms with Gasteiger partial charge in [0.1, 0.15) is 5.82 Å². The van der Waals surface area contributed by atoms with Crippen molar-refractivity contribution in [3.05, 3.63) is 23.7 Å². The fourth-order valence-electron chi connectivity index (χ4n) is 2.40. The van der Waals surface area contributed by atoms with Gasteiger partial charge in [0.15, 0.2) is 5.82 Å². The highest BCUT2D eigenvalue weighted by atomic mass is 16.5. The van der Waals surface area contributed by atoms with Gasteiger partial charge >= 0.3 is 0 Å². The zero-order valence-corrected chi connectivity index (χ0v) is 12.6. The zero-order chi connectivity index (χ0) is 14.7. The molecule has 1 aliphatic rings. The Morgan fingerprint density at radius 2 is 2.24 bits per heavy atom. The summed E-state index contributed by atoms with van der Waals surface area (Å²) in [5.74, 6) is 1.65. The van der Waals surface area contributed by atoms with Crippen molar-refractivity contribution in [3.8, 4) is 11.4 Å². The average molecular weight is 287 g/mol. The summed E-state index contributed by atoms with van der Waals surface area (Å²) in [7, 11) is 0. The summed E-state index contributed by atoms with van der Waals surface area (Å²) < 4.78 is 7.44. The molecule has 2 aromatic heterocycles. The third-order valence-electron chi connectivity index (χ3n) is 3.58. The molecule has 0 atom stereocenters. The number of aryl methyl sites for hydroxylation is 1. The highest BCUT2D eigenvalue weighted by Gasteiger charge is 2.19. The van der Waals surface area contributed by atoms with Crippen LogP contribution < -0.4 is 5.32 Å². The van der Waals surface area contributed by atoms with Gasteiger partial charge in [-0.1, -0.05) is 6.92 Å². The van der Waals surface area contributed by atoms with E-state index < -0.39 is 0 Å². The minimum absolute atomic E-state index is 0.593. The van der Waals surface area contributed by atoms with Crippen molar-refractivity contribution < 1.29 is 4.74 Å². The van der Waals surface area contributed by atoms with E-state index in [1.807, 2.05) is 17.1 Å². The molecule has 0 amide bonds. The van der Waals surface area contributed by atoms with Crippen molar-refractivity contribution in [2.75, 3.05) is 18.5 Å². The average Bonchev–Trinajstić information content (AvgIpc) is 3.01. The predicted octanol–water partition coefficient (Wildman–Crippen LogP) is 2.25. The van der Waals surface area contributed by atoms with Crippen LogP contribution in [0.2, 0.25) is 0 Å². The minimum Gasteiger partial charge on any atom is -0.376 e. The summed E-state index contributed by atoms with van der Waals surface area (Å²) in [6.45, 7) is 7.27. The Hall–Kier alpha value is -1.95. The molecule has 0 unspecified atom stereocenters. The number of hydrogen-bond acceptors (Lipinski definition) is 5. The van der Waals surface area contributed by atoms with Crippen LogP contribution in [-0.4, -0.2) is 32.9 Å². The van der Waals surface area contributed by atoms with E-state index in [-0.39, 0.29) is 0 Å². The zero-order valence-electron chi connectivity index (χ0n) is 12.6. The van der Waals surface area contributed by atoms with Crippen molar-refractivity contribution in [2.24, 2.45) is 0 Å². The van der Waals surface area contributed by atoms with Crippen LogP contribution in [0.5, 0.6) is 0 Å². The third-order valence-corrected chi connectivity index (χ3v) is 3.58. The van der Waals surface area contributed by atoms with Crippen LogP contribution >= 0.6 is 0 Å². The number of rotatable bonds is 5. The first-order valence-corrected chi connectivity index (χ1v) is 7.56. The monoisotopic (exact) mass is 287 g/mol. The van der Waals surface area contributed by atoms with Crippen molar-refractivity contribution in [3.63, 3.8) is 0 Å². The van der Waals surface area contributed by atoms with E-state index in [4.69, 9.17) is 9.72 Å². The highest BCUT2D eigenvalue weighted by molar-refractivity contribution is 5.58. The number of fused-ring (bicyclic) bond motifs is 1. The molecule has 21 heavy (non-hydrogen) atoms. The first-order chi connectivity index (χ1) is 10.3. The number of hydrogen-bond donors (Lipinski definition) is 1. The fourth-order valence-corrected chi connectivity index (χ4v) is 2.40. The molecule has 2 aromatic rings. The lowest BCUT2D eigenvalue weighted by Crippen LogP contribution is -2.17. The molecule has 0 aliphatic carbocycles. The van der Waals surface area contributed by atoms with E-state index in [1.165, 1.54) is 0 Å². The van der Waals surface area contributed by atoms with Crippen LogP contribution in [0.4, 0.5) is 5.82 Å². The summed E-state index contributed by atoms with van der Waals surface area (Å²) in [5, 5.41) is 7.70. The lowest BCUT2D eigenvalue weighted by Gasteiger charge is -2.19. The Morgan fingerprint density at radius 3 is 3.00 bits per heavy atom. The molecule has 3 rings (SSSR count). The molecule has 112 valence electrons. The Bertz CT molecular complexity index is 623. The van der Waals surface area contributed by atoms with Crippen LogP contribution in [-0.2, 0) is 24.3 Å². The van der Waals surface area contributed by atoms with E-state index in [1.54, 1.807) is 0 Å². The normalized spacial score (nSPS) is 14.0. The second-order valence-electron chi connectivity index (χ2n) is 5.14. The summed E-state index contributed by atoms with van der Waals surface area (Å²) in [5.41, 5.74) is 3.15. The van der Waals surface area contributed by atoms with Gasteiger partial charge in [-0.25, -0.2) is 9.97 Å². The second kappa shape index (κ2) is 6.22. The van der Waals surface area contributed by atoms with Crippen molar-refractivity contribution in [1.82, 2.24) is 19.7 Å². The maximum atomic E-state index is 5.55. The number of nitrogens with one attached hydrogen (secondary N) is 1. The third kappa shape index (κ3) is 2.90. The lowest BCUT2D eigenvalue weighted by atomic mass is 10.1. The standard InChI is InChI=1S/C15H21N5O/c1-3-6-16-15-12-10-21-7-5-13(12)18-14(19-15)11-8-17-20(4-2)9-11/h8-9H,3-7,10H2,1-2H3,(H,16,18,19). The Labute approximate surface area is 124 Å². The Kier molecular flexibility index (Phi) is 4.15. The van der Waals surface area contributed by atoms with Crippen molar-refractivity contribution >= 4 is 5.82 Å². The first-order valence-electron chi connectivity index (χ1n) is 7.56. The molecule has 6 heteroatoms. The molecule has 0 saturated heterocycles. The molecular formula is C15H21N5O. The number of ether oxygens (including phenoxy) is 1. The maximum Gasteiger partial charge on any atom is 0.164 e. The van der Waals surface area contributed by atoms with E-state index in [0.717, 1.165) is 61.0 Å². The molecule has 0 fully saturated rings. The van der Waals surface area contributed by atoms with E-state index >= 15 is 0 Å². The van der Waals surface area contributed by atoms with Gasteiger partial charge < -0.3 is 10.1 Å². The first kappa shape index (κ1) is 14.0. The molecule has 3 heterocycles. The SMILES string of the molecule is CCCNc1nc(-c2cnn(CC)c2)nc2c1COCC2. The molecular weight excluding hydrogens is 266 g/mol. The van der Waals surface area contributed by atoms with Crippen LogP contribution in [0.3, 0.4) is 0 Å². The van der Waals surface area contributed by atoms with Gasteiger partial charge in [0.2, 0.25) is 0 Å². The van der Waals surface area contributed by atoms with E-state index in [9.17, 15) is 0 Å². The quantitative estimate of drug-likeness (QED) is 0.913. The highest BCUT2D eigenvalue weighted by Crippen LogP contribution is 2.26. The number of anilines is 1. The second-order valence-corrected chi connectivity index (χ2v) is 5.14. The van der Waals surface area contributed by atoms with Gasteiger partial charge in [0, 0.05) is 31.3 Å². The largest absolute Gasteiger partial charge is 0.376 e. The van der Waals surface area contributed by atoms with E-state index in [2.05, 4.69) is 29.2 Å². The molecule has 0 spiro atoms. The van der Waals surface area contributed by atoms with Crippen LogP contribution in [0.15, 0.2) is 12.4 Å². The van der Waals surface area contributed by atoms with Crippen LogP contribution in [0, 0.1) is 0 Å². The topological polar surface area (TPSA) is 64.9 Å². The summed E-state index contributed by atoms with van der Waals surface area (Å²) >= 11 is 0. The van der Waals surface area contributed by atoms with Crippen molar-refractivity contribution in [1.29, 1.82) is 0 Å². The molecule has 6 nitrogen and oxygen atoms in total. The van der Waals surface area contributed by atoms with Gasteiger partial charge in [-0.2, -0.15) is 5.10 Å². The summed E-state index contributed by atoms with van der Waals surface area (Å²) in [6, 6.07) is 0. The number of aromatic nitrogens is 4. The van der Waals surface area contributed by atoms with Crippen LogP contribution in [0.1, 0.15) is 31.5 Å². The Balaban J connectivity index is 2.00. The maximum absolute atomic E-state index is 5.55. The summed E-state index contributed by atoms with van der Waals surface area (Å²) in [4.78, 5) is 9.40. The Morgan fingerprint density at radius 1 is 1.33 bits per heavy atom. The molecule has 0 radical (unpaired) electrons. The molecule has 0 saturated carbocycles. The van der Waals surface area contributed by atoms with Gasteiger partial charge in [0.25, 0.3) is 0 Å². The minimum atomic E-state index is 0.593. The summed E-state index contributed by atoms with van der Waals surface area (Å²) in [6.07, 6.45) is 5.72. The van der Waals surface area contributed by atoms with E-state index in [0.29, 0.717) is 6.61 Å². The smallest absolute Gasteiger partial charge is 0.164 e. The van der Waals surface area contributed by atoms with Gasteiger partial charge in [0.05, 0.1) is 30.7 Å².